The van der Waals surface area contributed by atoms with Crippen molar-refractivity contribution in [3.05, 3.63) is 35.4 Å². The number of carboxylic acids is 1. The molecule has 1 aliphatic rings. The number of hydrogen-bond acceptors (Lipinski definition) is 2. The fourth-order valence-corrected chi connectivity index (χ4v) is 2.82. The number of hydrogen-bond donors (Lipinski definition) is 1. The van der Waals surface area contributed by atoms with Gasteiger partial charge in [0.05, 0.1) is 0 Å². The molecule has 0 saturated carbocycles. The lowest BCUT2D eigenvalue weighted by molar-refractivity contribution is -0.142. The van der Waals surface area contributed by atoms with Gasteiger partial charge >= 0.3 is 5.97 Å². The van der Waals surface area contributed by atoms with Crippen molar-refractivity contribution < 1.29 is 9.90 Å². The van der Waals surface area contributed by atoms with Crippen LogP contribution in [0.5, 0.6) is 0 Å². The molecule has 1 saturated heterocycles. The Bertz CT molecular complexity index is 459. The van der Waals surface area contributed by atoms with E-state index in [-0.39, 0.29) is 11.5 Å². The standard InChI is InChI=1S/C17H25NO2/c1-17(2,3)14-8-6-13(7-9-14)10-12-18-11-4-5-15(18)16(19)20/h6-9,15H,4-5,10-12H2,1-3H3,(H,19,20)/t15-/m0/s1. The van der Waals surface area contributed by atoms with Gasteiger partial charge in [0.25, 0.3) is 0 Å². The molecule has 0 spiro atoms. The number of benzene rings is 1. The minimum Gasteiger partial charge on any atom is -0.480 e. The van der Waals surface area contributed by atoms with E-state index in [1.54, 1.807) is 0 Å². The zero-order valence-corrected chi connectivity index (χ0v) is 12.7. The fourth-order valence-electron chi connectivity index (χ4n) is 2.82. The first-order valence-corrected chi connectivity index (χ1v) is 7.44. The van der Waals surface area contributed by atoms with E-state index < -0.39 is 5.97 Å². The third kappa shape index (κ3) is 3.60. The number of aliphatic carboxylic acids is 1. The average Bonchev–Trinajstić information content (AvgIpc) is 2.84. The van der Waals surface area contributed by atoms with Crippen molar-refractivity contribution in [1.29, 1.82) is 0 Å². The summed E-state index contributed by atoms with van der Waals surface area (Å²) in [6.45, 7) is 8.39. The first kappa shape index (κ1) is 15.0. The van der Waals surface area contributed by atoms with Crippen LogP contribution in [0, 0.1) is 0 Å². The fraction of sp³-hybridized carbons (Fsp3) is 0.588. The molecule has 1 aromatic carbocycles. The Morgan fingerprint density at radius 2 is 1.95 bits per heavy atom. The van der Waals surface area contributed by atoms with Gasteiger partial charge in [0.1, 0.15) is 6.04 Å². The molecule has 2 rings (SSSR count). The number of rotatable bonds is 4. The van der Waals surface area contributed by atoms with Gasteiger partial charge in [0, 0.05) is 6.54 Å². The molecule has 1 N–H and O–H groups in total. The van der Waals surface area contributed by atoms with Crippen molar-refractivity contribution >= 4 is 5.97 Å². The van der Waals surface area contributed by atoms with Crippen LogP contribution in [0.1, 0.15) is 44.7 Å². The normalized spacial score (nSPS) is 20.2. The predicted molar refractivity (Wildman–Crippen MR) is 81.1 cm³/mol. The lowest BCUT2D eigenvalue weighted by Gasteiger charge is -2.22. The number of carboxylic acid groups (broad SMARTS) is 1. The summed E-state index contributed by atoms with van der Waals surface area (Å²) in [5.41, 5.74) is 2.81. The molecule has 1 aliphatic heterocycles. The van der Waals surface area contributed by atoms with E-state index in [0.717, 1.165) is 32.4 Å². The van der Waals surface area contributed by atoms with Crippen LogP contribution in [0.4, 0.5) is 0 Å². The van der Waals surface area contributed by atoms with Crippen LogP contribution in [-0.4, -0.2) is 35.1 Å². The Labute approximate surface area is 121 Å². The molecule has 1 atom stereocenters. The van der Waals surface area contributed by atoms with Crippen LogP contribution in [-0.2, 0) is 16.6 Å². The van der Waals surface area contributed by atoms with Crippen molar-refractivity contribution in [2.45, 2.75) is 51.5 Å². The van der Waals surface area contributed by atoms with Crippen LogP contribution in [0.25, 0.3) is 0 Å². The van der Waals surface area contributed by atoms with Crippen molar-refractivity contribution in [2.75, 3.05) is 13.1 Å². The summed E-state index contributed by atoms with van der Waals surface area (Å²) < 4.78 is 0. The van der Waals surface area contributed by atoms with Gasteiger partial charge in [-0.05, 0) is 42.3 Å². The summed E-state index contributed by atoms with van der Waals surface area (Å²) in [5, 5.41) is 9.17. The van der Waals surface area contributed by atoms with Crippen LogP contribution >= 0.6 is 0 Å². The summed E-state index contributed by atoms with van der Waals surface area (Å²) >= 11 is 0. The molecule has 1 fully saturated rings. The van der Waals surface area contributed by atoms with Crippen LogP contribution in [0.2, 0.25) is 0 Å². The highest BCUT2D eigenvalue weighted by Gasteiger charge is 2.29. The van der Waals surface area contributed by atoms with Crippen molar-refractivity contribution in [3.8, 4) is 0 Å². The maximum atomic E-state index is 11.1. The van der Waals surface area contributed by atoms with Gasteiger partial charge in [-0.25, -0.2) is 0 Å². The van der Waals surface area contributed by atoms with E-state index in [0.29, 0.717) is 0 Å². The summed E-state index contributed by atoms with van der Waals surface area (Å²) in [6, 6.07) is 8.45. The van der Waals surface area contributed by atoms with E-state index in [9.17, 15) is 4.79 Å². The highest BCUT2D eigenvalue weighted by atomic mass is 16.4. The lowest BCUT2D eigenvalue weighted by atomic mass is 9.86. The molecular formula is C17H25NO2. The second-order valence-electron chi connectivity index (χ2n) is 6.73. The molecule has 0 amide bonds. The lowest BCUT2D eigenvalue weighted by Crippen LogP contribution is -2.37. The van der Waals surface area contributed by atoms with Crippen LogP contribution < -0.4 is 0 Å². The van der Waals surface area contributed by atoms with E-state index in [2.05, 4.69) is 49.9 Å². The Kier molecular flexibility index (Phi) is 4.48. The first-order chi connectivity index (χ1) is 9.38. The number of carbonyl (C=O) groups is 1. The predicted octanol–water partition coefficient (Wildman–Crippen LogP) is 3.08. The van der Waals surface area contributed by atoms with Gasteiger partial charge < -0.3 is 5.11 Å². The van der Waals surface area contributed by atoms with Crippen LogP contribution in [0.3, 0.4) is 0 Å². The third-order valence-electron chi connectivity index (χ3n) is 4.16. The largest absolute Gasteiger partial charge is 0.480 e. The van der Waals surface area contributed by atoms with Gasteiger partial charge in [-0.2, -0.15) is 0 Å². The Balaban J connectivity index is 1.93. The van der Waals surface area contributed by atoms with Gasteiger partial charge in [-0.1, -0.05) is 45.0 Å². The summed E-state index contributed by atoms with van der Waals surface area (Å²) in [6.07, 6.45) is 2.71. The Hall–Kier alpha value is -1.35. The highest BCUT2D eigenvalue weighted by Crippen LogP contribution is 2.23. The van der Waals surface area contributed by atoms with Gasteiger partial charge in [-0.15, -0.1) is 0 Å². The molecule has 0 aliphatic carbocycles. The minimum atomic E-state index is -0.675. The second kappa shape index (κ2) is 5.96. The zero-order chi connectivity index (χ0) is 14.8. The summed E-state index contributed by atoms with van der Waals surface area (Å²) in [4.78, 5) is 13.2. The molecule has 0 aromatic heterocycles. The van der Waals surface area contributed by atoms with Crippen LogP contribution in [0.15, 0.2) is 24.3 Å². The SMILES string of the molecule is CC(C)(C)c1ccc(CCN2CCC[C@H]2C(=O)O)cc1. The summed E-state index contributed by atoms with van der Waals surface area (Å²) in [5.74, 6) is -0.675. The average molecular weight is 275 g/mol. The smallest absolute Gasteiger partial charge is 0.320 e. The molecule has 0 unspecified atom stereocenters. The topological polar surface area (TPSA) is 40.5 Å². The number of likely N-dealkylation sites (tertiary alicyclic amines) is 1. The molecule has 1 aromatic rings. The zero-order valence-electron chi connectivity index (χ0n) is 12.7. The third-order valence-corrected chi connectivity index (χ3v) is 4.16. The van der Waals surface area contributed by atoms with E-state index >= 15 is 0 Å². The first-order valence-electron chi connectivity index (χ1n) is 7.44. The van der Waals surface area contributed by atoms with Gasteiger partial charge in [0.2, 0.25) is 0 Å². The molecule has 0 radical (unpaired) electrons. The maximum Gasteiger partial charge on any atom is 0.320 e. The number of nitrogens with zero attached hydrogens (tertiary/aromatic N) is 1. The Morgan fingerprint density at radius 3 is 2.50 bits per heavy atom. The Morgan fingerprint density at radius 1 is 1.30 bits per heavy atom. The maximum absolute atomic E-state index is 11.1. The van der Waals surface area contributed by atoms with Gasteiger partial charge in [0.15, 0.2) is 0 Å². The minimum absolute atomic E-state index is 0.182. The molecular weight excluding hydrogens is 250 g/mol. The molecule has 1 heterocycles. The summed E-state index contributed by atoms with van der Waals surface area (Å²) in [7, 11) is 0. The highest BCUT2D eigenvalue weighted by molar-refractivity contribution is 5.73. The molecule has 110 valence electrons. The van der Waals surface area contributed by atoms with E-state index in [1.165, 1.54) is 11.1 Å². The molecule has 3 heteroatoms. The monoisotopic (exact) mass is 275 g/mol. The molecule has 3 nitrogen and oxygen atoms in total. The van der Waals surface area contributed by atoms with E-state index in [1.807, 2.05) is 0 Å². The van der Waals surface area contributed by atoms with E-state index in [4.69, 9.17) is 5.11 Å². The second-order valence-corrected chi connectivity index (χ2v) is 6.73. The van der Waals surface area contributed by atoms with Crippen molar-refractivity contribution in [1.82, 2.24) is 4.90 Å². The van der Waals surface area contributed by atoms with Crippen molar-refractivity contribution in [2.24, 2.45) is 0 Å². The quantitative estimate of drug-likeness (QED) is 0.918. The molecule has 20 heavy (non-hydrogen) atoms. The molecule has 0 bridgehead atoms. The van der Waals surface area contributed by atoms with Crippen molar-refractivity contribution in [3.63, 3.8) is 0 Å². The van der Waals surface area contributed by atoms with Gasteiger partial charge in [-0.3, -0.25) is 9.69 Å².